The molecule has 0 saturated heterocycles. The van der Waals surface area contributed by atoms with Gasteiger partial charge in [0.2, 0.25) is 0 Å². The lowest BCUT2D eigenvalue weighted by atomic mass is 10.0. The fourth-order valence-electron chi connectivity index (χ4n) is 3.32. The first-order valence-electron chi connectivity index (χ1n) is 8.23. The Morgan fingerprint density at radius 3 is 3.00 bits per heavy atom. The van der Waals surface area contributed by atoms with Gasteiger partial charge in [-0.15, -0.1) is 0 Å². The number of ether oxygens (including phenoxy) is 1. The van der Waals surface area contributed by atoms with Gasteiger partial charge in [0, 0.05) is 16.8 Å². The van der Waals surface area contributed by atoms with Crippen LogP contribution in [0.2, 0.25) is 0 Å². The van der Waals surface area contributed by atoms with Crippen molar-refractivity contribution >= 4 is 11.4 Å². The minimum absolute atomic E-state index is 0.148. The van der Waals surface area contributed by atoms with Crippen LogP contribution < -0.4 is 10.5 Å². The average Bonchev–Trinajstić information content (AvgIpc) is 3.33. The zero-order valence-electron chi connectivity index (χ0n) is 13.9. The second-order valence-electron chi connectivity index (χ2n) is 6.13. The van der Waals surface area contributed by atoms with Crippen LogP contribution in [-0.4, -0.2) is 10.7 Å². The Labute approximate surface area is 150 Å². The summed E-state index contributed by atoms with van der Waals surface area (Å²) in [7, 11) is 0. The van der Waals surface area contributed by atoms with Crippen LogP contribution in [0.15, 0.2) is 53.4 Å². The van der Waals surface area contributed by atoms with Crippen molar-refractivity contribution in [3.05, 3.63) is 77.0 Å². The molecule has 1 aliphatic rings. The monoisotopic (exact) mass is 344 g/mol. The summed E-state index contributed by atoms with van der Waals surface area (Å²) in [5.41, 5.74) is 9.91. The van der Waals surface area contributed by atoms with E-state index in [0.717, 1.165) is 24.0 Å². The van der Waals surface area contributed by atoms with E-state index in [1.807, 2.05) is 18.2 Å². The molecule has 1 aliphatic carbocycles. The summed E-state index contributed by atoms with van der Waals surface area (Å²) in [5.74, 6) is 0.941. The van der Waals surface area contributed by atoms with E-state index >= 15 is 0 Å². The highest BCUT2D eigenvalue weighted by molar-refractivity contribution is 6.12. The number of nitrogens with zero attached hydrogens (tertiary/aromatic N) is 2. The molecule has 128 valence electrons. The smallest absolute Gasteiger partial charge is 0.181 e. The summed E-state index contributed by atoms with van der Waals surface area (Å²) in [4.78, 5) is 3.84. The number of nitriles is 1. The predicted octanol–water partition coefficient (Wildman–Crippen LogP) is 3.61. The zero-order chi connectivity index (χ0) is 18.1. The topological polar surface area (TPSA) is 109 Å². The molecule has 0 fully saturated rings. The first kappa shape index (κ1) is 15.9. The maximum atomic E-state index is 9.38. The molecule has 6 nitrogen and oxygen atoms in total. The molecule has 1 unspecified atom stereocenters. The van der Waals surface area contributed by atoms with Gasteiger partial charge in [-0.25, -0.2) is 4.98 Å². The van der Waals surface area contributed by atoms with Crippen molar-refractivity contribution in [2.45, 2.75) is 18.9 Å². The van der Waals surface area contributed by atoms with Gasteiger partial charge in [-0.05, 0) is 42.7 Å². The van der Waals surface area contributed by atoms with Crippen molar-refractivity contribution in [2.24, 2.45) is 0 Å². The average molecular weight is 344 g/mol. The van der Waals surface area contributed by atoms with Crippen LogP contribution in [-0.2, 0) is 6.42 Å². The minimum Gasteiger partial charge on any atom is -0.486 e. The minimum atomic E-state index is -0.184. The van der Waals surface area contributed by atoms with Crippen LogP contribution >= 0.6 is 0 Å². The molecule has 1 atom stereocenters. The van der Waals surface area contributed by atoms with Crippen molar-refractivity contribution in [1.82, 2.24) is 4.98 Å². The fourth-order valence-corrected chi connectivity index (χ4v) is 3.32. The third-order valence-corrected chi connectivity index (χ3v) is 4.57. The van der Waals surface area contributed by atoms with Crippen LogP contribution in [0.5, 0.6) is 5.75 Å². The van der Waals surface area contributed by atoms with Gasteiger partial charge in [-0.3, -0.25) is 5.41 Å². The molecule has 26 heavy (non-hydrogen) atoms. The molecule has 0 radical (unpaired) electrons. The molecule has 0 spiro atoms. The number of nitrogens with one attached hydrogen (secondary N) is 1. The van der Waals surface area contributed by atoms with Gasteiger partial charge in [0.05, 0.1) is 17.8 Å². The number of anilines is 1. The molecule has 0 amide bonds. The van der Waals surface area contributed by atoms with Gasteiger partial charge < -0.3 is 14.9 Å². The molecule has 2 aromatic carbocycles. The molecule has 1 aromatic heterocycles. The number of hydrogen-bond acceptors (Lipinski definition) is 6. The van der Waals surface area contributed by atoms with Crippen LogP contribution in [0.1, 0.15) is 40.5 Å². The van der Waals surface area contributed by atoms with Gasteiger partial charge in [-0.2, -0.15) is 5.26 Å². The lowest BCUT2D eigenvalue weighted by Gasteiger charge is -2.17. The number of hydrogen-bond donors (Lipinski definition) is 2. The zero-order valence-corrected chi connectivity index (χ0v) is 13.9. The summed E-state index contributed by atoms with van der Waals surface area (Å²) in [5, 5.41) is 17.7. The van der Waals surface area contributed by atoms with Gasteiger partial charge in [0.25, 0.3) is 0 Å². The van der Waals surface area contributed by atoms with E-state index in [1.165, 1.54) is 12.6 Å². The Balaban J connectivity index is 1.65. The number of oxazole rings is 1. The van der Waals surface area contributed by atoms with Crippen LogP contribution in [0.4, 0.5) is 5.69 Å². The SMILES string of the molecule is N#Cc1cccc2c1C(Oc1ccc(N)c(C(=N)c3cnco3)c1)CC2. The first-order valence-corrected chi connectivity index (χ1v) is 8.23. The fraction of sp³-hybridized carbons (Fsp3) is 0.150. The molecule has 4 rings (SSSR count). The van der Waals surface area contributed by atoms with E-state index in [4.69, 9.17) is 20.3 Å². The van der Waals surface area contributed by atoms with Crippen molar-refractivity contribution in [2.75, 3.05) is 5.73 Å². The Kier molecular flexibility index (Phi) is 3.90. The number of nitrogen functional groups attached to an aromatic ring is 1. The van der Waals surface area contributed by atoms with Gasteiger partial charge in [0.15, 0.2) is 12.2 Å². The molecule has 6 heteroatoms. The Morgan fingerprint density at radius 1 is 1.35 bits per heavy atom. The van der Waals surface area contributed by atoms with E-state index in [0.29, 0.717) is 28.3 Å². The molecule has 1 heterocycles. The highest BCUT2D eigenvalue weighted by Crippen LogP contribution is 2.37. The maximum Gasteiger partial charge on any atom is 0.181 e. The lowest BCUT2D eigenvalue weighted by molar-refractivity contribution is 0.207. The molecule has 3 N–H and O–H groups in total. The van der Waals surface area contributed by atoms with E-state index < -0.39 is 0 Å². The number of rotatable bonds is 4. The maximum absolute atomic E-state index is 9.38. The largest absolute Gasteiger partial charge is 0.486 e. The molecule has 0 saturated carbocycles. The highest BCUT2D eigenvalue weighted by Gasteiger charge is 2.27. The van der Waals surface area contributed by atoms with Crippen molar-refractivity contribution in [3.8, 4) is 11.8 Å². The van der Waals surface area contributed by atoms with Gasteiger partial charge in [-0.1, -0.05) is 12.1 Å². The van der Waals surface area contributed by atoms with Crippen molar-refractivity contribution in [3.63, 3.8) is 0 Å². The second-order valence-corrected chi connectivity index (χ2v) is 6.13. The third kappa shape index (κ3) is 2.70. The highest BCUT2D eigenvalue weighted by atomic mass is 16.5. The predicted molar refractivity (Wildman–Crippen MR) is 96.1 cm³/mol. The Hall–Kier alpha value is -3.59. The number of aryl methyl sites for hydroxylation is 1. The van der Waals surface area contributed by atoms with E-state index in [1.54, 1.807) is 18.2 Å². The van der Waals surface area contributed by atoms with Crippen LogP contribution in [0, 0.1) is 16.7 Å². The van der Waals surface area contributed by atoms with Crippen LogP contribution in [0.25, 0.3) is 0 Å². The lowest BCUT2D eigenvalue weighted by Crippen LogP contribution is -2.08. The molecular weight excluding hydrogens is 328 g/mol. The number of aromatic nitrogens is 1. The second kappa shape index (κ2) is 6.37. The van der Waals surface area contributed by atoms with Crippen molar-refractivity contribution < 1.29 is 9.15 Å². The van der Waals surface area contributed by atoms with E-state index in [2.05, 4.69) is 11.1 Å². The molecule has 0 aliphatic heterocycles. The van der Waals surface area contributed by atoms with Crippen LogP contribution in [0.3, 0.4) is 0 Å². The number of nitrogens with two attached hydrogens (primary N) is 1. The summed E-state index contributed by atoms with van der Waals surface area (Å²) in [6, 6.07) is 13.2. The standard InChI is InChI=1S/C20H16N4O2/c21-9-13-3-1-2-12-4-7-17(19(12)13)26-14-5-6-16(22)15(8-14)20(23)18-10-24-11-25-18/h1-3,5-6,8,10-11,17,23H,4,7,22H2. The third-order valence-electron chi connectivity index (χ3n) is 4.57. The summed E-state index contributed by atoms with van der Waals surface area (Å²) in [6.07, 6.45) is 4.26. The summed E-state index contributed by atoms with van der Waals surface area (Å²) < 4.78 is 11.3. The quantitative estimate of drug-likeness (QED) is 0.555. The molecule has 3 aromatic rings. The first-order chi connectivity index (χ1) is 12.7. The number of benzene rings is 2. The Bertz CT molecular complexity index is 1020. The summed E-state index contributed by atoms with van der Waals surface area (Å²) >= 11 is 0. The van der Waals surface area contributed by atoms with Gasteiger partial charge >= 0.3 is 0 Å². The Morgan fingerprint density at radius 2 is 2.23 bits per heavy atom. The van der Waals surface area contributed by atoms with E-state index in [9.17, 15) is 5.26 Å². The van der Waals surface area contributed by atoms with Crippen molar-refractivity contribution in [1.29, 1.82) is 10.7 Å². The number of fused-ring (bicyclic) bond motifs is 1. The molecular formula is C20H16N4O2. The van der Waals surface area contributed by atoms with E-state index in [-0.39, 0.29) is 11.8 Å². The normalized spacial score (nSPS) is 15.3. The van der Waals surface area contributed by atoms with Gasteiger partial charge in [0.1, 0.15) is 17.6 Å². The summed E-state index contributed by atoms with van der Waals surface area (Å²) in [6.45, 7) is 0. The molecule has 0 bridgehead atoms.